The van der Waals surface area contributed by atoms with Gasteiger partial charge in [0, 0.05) is 17.9 Å². The van der Waals surface area contributed by atoms with E-state index in [9.17, 15) is 15.0 Å². The van der Waals surface area contributed by atoms with Gasteiger partial charge in [0.05, 0.1) is 11.1 Å². The van der Waals surface area contributed by atoms with Crippen LogP contribution in [-0.2, 0) is 15.7 Å². The molecule has 1 aromatic rings. The molecule has 1 aliphatic heterocycles. The lowest BCUT2D eigenvalue weighted by molar-refractivity contribution is -0.133. The number of phenols is 1. The van der Waals surface area contributed by atoms with Crippen molar-refractivity contribution in [3.8, 4) is 11.5 Å². The second-order valence-corrected chi connectivity index (χ2v) is 10.2. The number of fused-ring (bicyclic) bond motifs is 3. The monoisotopic (exact) mass is 445 g/mol. The normalized spacial score (nSPS) is 24.3. The summed E-state index contributed by atoms with van der Waals surface area (Å²) in [6.45, 7) is 12.8. The number of aromatic hydroxyl groups is 1. The number of aliphatic carboxylic acids is 1. The van der Waals surface area contributed by atoms with Gasteiger partial charge in [-0.15, -0.1) is 0 Å². The van der Waals surface area contributed by atoms with Crippen LogP contribution in [0.5, 0.6) is 11.5 Å². The van der Waals surface area contributed by atoms with E-state index in [1.807, 2.05) is 19.1 Å². The number of carboxylic acid groups (broad SMARTS) is 1. The lowest BCUT2D eigenvalue weighted by Gasteiger charge is -2.48. The number of nitrogens with two attached hydrogens (primary N) is 1. The molecule has 0 radical (unpaired) electrons. The fraction of sp³-hybridized carbons (Fsp3) is 0.667. The van der Waals surface area contributed by atoms with E-state index in [1.165, 1.54) is 25.7 Å². The van der Waals surface area contributed by atoms with E-state index in [0.717, 1.165) is 18.4 Å². The van der Waals surface area contributed by atoms with E-state index in [2.05, 4.69) is 34.6 Å². The Morgan fingerprint density at radius 1 is 1.22 bits per heavy atom. The van der Waals surface area contributed by atoms with Crippen molar-refractivity contribution < 1.29 is 19.7 Å². The number of ether oxygens (including phenoxy) is 1. The molecule has 3 rings (SSSR count). The minimum absolute atomic E-state index is 0.0723. The summed E-state index contributed by atoms with van der Waals surface area (Å²) in [5.41, 5.74) is 7.68. The van der Waals surface area contributed by atoms with Crippen molar-refractivity contribution in [2.24, 2.45) is 11.7 Å². The first kappa shape index (κ1) is 26.2. The molecule has 0 aromatic heterocycles. The van der Waals surface area contributed by atoms with Gasteiger partial charge in [0.1, 0.15) is 17.6 Å². The Morgan fingerprint density at radius 2 is 1.88 bits per heavy atom. The van der Waals surface area contributed by atoms with Crippen LogP contribution in [0.25, 0.3) is 0 Å². The number of hydrogen-bond donors (Lipinski definition) is 3. The maximum absolute atomic E-state index is 11.6. The van der Waals surface area contributed by atoms with Gasteiger partial charge in [-0.05, 0) is 42.9 Å². The molecule has 32 heavy (non-hydrogen) atoms. The van der Waals surface area contributed by atoms with Gasteiger partial charge in [-0.25, -0.2) is 4.79 Å². The summed E-state index contributed by atoms with van der Waals surface area (Å²) in [7, 11) is 0. The number of hydrogen-bond acceptors (Lipinski definition) is 4. The minimum atomic E-state index is -0.946. The van der Waals surface area contributed by atoms with Crippen molar-refractivity contribution >= 4 is 5.97 Å². The predicted molar refractivity (Wildman–Crippen MR) is 130 cm³/mol. The number of allylic oxidation sites excluding steroid dienone is 1. The van der Waals surface area contributed by atoms with Gasteiger partial charge in [-0.1, -0.05) is 72.8 Å². The number of carbonyl (C=O) groups is 1. The fourth-order valence-electron chi connectivity index (χ4n) is 5.02. The minimum Gasteiger partial charge on any atom is -0.507 e. The molecule has 0 saturated carbocycles. The molecular weight excluding hydrogens is 402 g/mol. The average Bonchev–Trinajstić information content (AvgIpc) is 2.70. The molecule has 180 valence electrons. The Hall–Kier alpha value is -2.01. The van der Waals surface area contributed by atoms with E-state index in [1.54, 1.807) is 6.08 Å². The molecule has 3 atom stereocenters. The highest BCUT2D eigenvalue weighted by atomic mass is 16.5. The van der Waals surface area contributed by atoms with Crippen molar-refractivity contribution in [3.63, 3.8) is 0 Å². The van der Waals surface area contributed by atoms with Crippen LogP contribution >= 0.6 is 0 Å². The average molecular weight is 446 g/mol. The maximum atomic E-state index is 11.6. The molecule has 4 N–H and O–H groups in total. The number of unbranched alkanes of at least 4 members (excludes halogenated alkanes) is 3. The Bertz CT molecular complexity index is 829. The van der Waals surface area contributed by atoms with E-state index < -0.39 is 11.5 Å². The maximum Gasteiger partial charge on any atom is 0.331 e. The summed E-state index contributed by atoms with van der Waals surface area (Å²) in [6, 6.07) is 3.82. The summed E-state index contributed by atoms with van der Waals surface area (Å²) < 4.78 is 6.21. The van der Waals surface area contributed by atoms with Crippen molar-refractivity contribution in [2.75, 3.05) is 0 Å². The molecule has 1 heterocycles. The predicted octanol–water partition coefficient (Wildman–Crippen LogP) is 6.41. The molecule has 2 aliphatic rings. The van der Waals surface area contributed by atoms with Crippen LogP contribution in [0.4, 0.5) is 0 Å². The Kier molecular flexibility index (Phi) is 8.81. The third kappa shape index (κ3) is 5.48. The zero-order valence-corrected chi connectivity index (χ0v) is 20.8. The number of benzene rings is 1. The highest BCUT2D eigenvalue weighted by Gasteiger charge is 2.50. The molecule has 0 amide bonds. The van der Waals surface area contributed by atoms with Gasteiger partial charge in [-0.2, -0.15) is 0 Å². The fourth-order valence-corrected chi connectivity index (χ4v) is 5.02. The van der Waals surface area contributed by atoms with Crippen LogP contribution < -0.4 is 10.5 Å². The molecular formula is C27H43NO4. The first-order chi connectivity index (χ1) is 15.0. The summed E-state index contributed by atoms with van der Waals surface area (Å²) in [5, 5.41) is 20.5. The SMILES string of the molecule is CCC.CCCCCCC(C)(C)c1cc(O)c2c(c1)OC(C)[C@@H]1CC=C(C(=O)O)C[C@@]21N. The molecule has 0 fully saturated rings. The smallest absolute Gasteiger partial charge is 0.331 e. The molecule has 1 unspecified atom stereocenters. The van der Waals surface area contributed by atoms with Gasteiger partial charge < -0.3 is 20.7 Å². The third-order valence-corrected chi connectivity index (χ3v) is 6.90. The Balaban J connectivity index is 0.00000114. The van der Waals surface area contributed by atoms with Crippen LogP contribution in [0.3, 0.4) is 0 Å². The zero-order valence-electron chi connectivity index (χ0n) is 20.8. The number of phenolic OH excluding ortho intramolecular Hbond substituents is 1. The molecule has 1 aromatic carbocycles. The quantitative estimate of drug-likeness (QED) is 0.422. The highest BCUT2D eigenvalue weighted by molar-refractivity contribution is 5.87. The second kappa shape index (κ2) is 10.7. The van der Waals surface area contributed by atoms with Crippen molar-refractivity contribution in [1.29, 1.82) is 0 Å². The third-order valence-electron chi connectivity index (χ3n) is 6.90. The largest absolute Gasteiger partial charge is 0.507 e. The van der Waals surface area contributed by atoms with Gasteiger partial charge in [0.15, 0.2) is 0 Å². The van der Waals surface area contributed by atoms with E-state index in [-0.39, 0.29) is 29.6 Å². The Morgan fingerprint density at radius 3 is 2.47 bits per heavy atom. The Labute approximate surface area is 194 Å². The van der Waals surface area contributed by atoms with Gasteiger partial charge in [0.2, 0.25) is 0 Å². The second-order valence-electron chi connectivity index (χ2n) is 10.2. The van der Waals surface area contributed by atoms with Crippen LogP contribution in [0, 0.1) is 5.92 Å². The van der Waals surface area contributed by atoms with Crippen molar-refractivity contribution in [3.05, 3.63) is 34.9 Å². The first-order valence-corrected chi connectivity index (χ1v) is 12.3. The summed E-state index contributed by atoms with van der Waals surface area (Å²) in [6.07, 6.45) is 9.40. The molecule has 5 nitrogen and oxygen atoms in total. The van der Waals surface area contributed by atoms with Gasteiger partial charge >= 0.3 is 5.97 Å². The van der Waals surface area contributed by atoms with E-state index in [0.29, 0.717) is 23.3 Å². The number of rotatable bonds is 7. The summed E-state index contributed by atoms with van der Waals surface area (Å²) in [5.74, 6) is -0.306. The lowest BCUT2D eigenvalue weighted by Crippen LogP contribution is -2.54. The molecule has 0 spiro atoms. The van der Waals surface area contributed by atoms with Crippen molar-refractivity contribution in [1.82, 2.24) is 0 Å². The van der Waals surface area contributed by atoms with E-state index >= 15 is 0 Å². The van der Waals surface area contributed by atoms with Crippen LogP contribution in [0.2, 0.25) is 0 Å². The first-order valence-electron chi connectivity index (χ1n) is 12.3. The molecule has 1 aliphatic carbocycles. The van der Waals surface area contributed by atoms with Crippen molar-refractivity contribution in [2.45, 2.75) is 110 Å². The highest BCUT2D eigenvalue weighted by Crippen LogP contribution is 2.53. The van der Waals surface area contributed by atoms with E-state index in [4.69, 9.17) is 10.5 Å². The van der Waals surface area contributed by atoms with Gasteiger partial charge in [-0.3, -0.25) is 0 Å². The molecule has 0 bridgehead atoms. The topological polar surface area (TPSA) is 92.8 Å². The van der Waals surface area contributed by atoms with Crippen LogP contribution in [0.1, 0.15) is 104 Å². The summed E-state index contributed by atoms with van der Waals surface area (Å²) >= 11 is 0. The number of carboxylic acids is 1. The van der Waals surface area contributed by atoms with Crippen LogP contribution in [0.15, 0.2) is 23.8 Å². The molecule has 0 saturated heterocycles. The summed E-state index contributed by atoms with van der Waals surface area (Å²) in [4.78, 5) is 11.6. The van der Waals surface area contributed by atoms with Crippen LogP contribution in [-0.4, -0.2) is 22.3 Å². The standard InChI is InChI=1S/C24H35NO4.C3H8/c1-5-6-7-8-11-23(3,4)17-12-19(26)21-20(13-17)29-15(2)18-10-9-16(22(27)28)14-24(18,21)25;1-3-2/h9,12-13,15,18,26H,5-8,10-11,14,25H2,1-4H3,(H,27,28);3H2,1-2H3/t15?,18-,24-;/m0./s1. The van der Waals surface area contributed by atoms with Gasteiger partial charge in [0.25, 0.3) is 0 Å². The molecule has 5 heteroatoms. The lowest BCUT2D eigenvalue weighted by atomic mass is 9.65. The zero-order chi connectivity index (χ0) is 24.1.